The number of rotatable bonds is 4. The van der Waals surface area contributed by atoms with Crippen LogP contribution in [0.1, 0.15) is 36.3 Å². The maximum Gasteiger partial charge on any atom is 0.238 e. The number of piperidine rings is 1. The predicted molar refractivity (Wildman–Crippen MR) is 171 cm³/mol. The summed E-state index contributed by atoms with van der Waals surface area (Å²) in [7, 11) is 0. The van der Waals surface area contributed by atoms with Crippen LogP contribution in [0.25, 0.3) is 22.8 Å². The number of nitrogens with zero attached hydrogens (tertiary/aromatic N) is 6. The minimum atomic E-state index is -0.338. The van der Waals surface area contributed by atoms with Crippen LogP contribution in [0.4, 0.5) is 11.6 Å². The van der Waals surface area contributed by atoms with Gasteiger partial charge in [-0.15, -0.1) is 0 Å². The smallest absolute Gasteiger partial charge is 0.238 e. The van der Waals surface area contributed by atoms with Crippen molar-refractivity contribution in [3.8, 4) is 22.8 Å². The molecule has 5 unspecified atom stereocenters. The van der Waals surface area contributed by atoms with E-state index in [0.717, 1.165) is 53.0 Å². The lowest BCUT2D eigenvalue weighted by Gasteiger charge is -2.49. The number of anilines is 2. The number of fused-ring (bicyclic) bond motifs is 4. The molecular formula is C37H30N6O. The van der Waals surface area contributed by atoms with E-state index in [1.165, 1.54) is 0 Å². The summed E-state index contributed by atoms with van der Waals surface area (Å²) in [5.41, 5.74) is 4.90. The third-order valence-corrected chi connectivity index (χ3v) is 9.73. The zero-order chi connectivity index (χ0) is 29.2. The first-order chi connectivity index (χ1) is 21.8. The van der Waals surface area contributed by atoms with Gasteiger partial charge in [0.05, 0.1) is 24.0 Å². The first-order valence-electron chi connectivity index (χ1n) is 15.5. The molecule has 3 aliphatic heterocycles. The summed E-state index contributed by atoms with van der Waals surface area (Å²) >= 11 is 0. The van der Waals surface area contributed by atoms with Gasteiger partial charge < -0.3 is 4.90 Å². The minimum absolute atomic E-state index is 0.0218. The molecule has 0 N–H and O–H groups in total. The molecule has 1 aliphatic carbocycles. The van der Waals surface area contributed by atoms with Gasteiger partial charge in [-0.25, -0.2) is 4.98 Å². The summed E-state index contributed by atoms with van der Waals surface area (Å²) in [6.45, 7) is 0. The second kappa shape index (κ2) is 9.95. The number of carbonyl (C=O) groups excluding carboxylic acids is 1. The lowest BCUT2D eigenvalue weighted by atomic mass is 9.69. The first kappa shape index (κ1) is 25.3. The number of aliphatic imine (C=N–C) groups is 1. The van der Waals surface area contributed by atoms with E-state index in [4.69, 9.17) is 19.9 Å². The largest absolute Gasteiger partial charge is 0.306 e. The summed E-state index contributed by atoms with van der Waals surface area (Å²) < 4.78 is 0. The van der Waals surface area contributed by atoms with Crippen molar-refractivity contribution in [1.29, 1.82) is 0 Å². The van der Waals surface area contributed by atoms with Crippen LogP contribution in [-0.4, -0.2) is 49.7 Å². The Morgan fingerprint density at radius 2 is 1.18 bits per heavy atom. The van der Waals surface area contributed by atoms with Crippen LogP contribution in [0.2, 0.25) is 0 Å². The zero-order valence-corrected chi connectivity index (χ0v) is 24.1. The van der Waals surface area contributed by atoms with Crippen LogP contribution in [0.3, 0.4) is 0 Å². The van der Waals surface area contributed by atoms with Crippen molar-refractivity contribution in [2.75, 3.05) is 4.90 Å². The third-order valence-electron chi connectivity index (χ3n) is 9.73. The molecule has 7 nitrogen and oxygen atoms in total. The van der Waals surface area contributed by atoms with E-state index in [-0.39, 0.29) is 35.9 Å². The molecule has 1 amide bonds. The molecule has 0 spiro atoms. The van der Waals surface area contributed by atoms with Crippen LogP contribution < -0.4 is 4.90 Å². The quantitative estimate of drug-likeness (QED) is 0.240. The molecule has 2 fully saturated rings. The van der Waals surface area contributed by atoms with Crippen LogP contribution in [0, 0.1) is 5.92 Å². The van der Waals surface area contributed by atoms with Gasteiger partial charge in [-0.1, -0.05) is 116 Å². The molecule has 44 heavy (non-hydrogen) atoms. The molecule has 5 aromatic rings. The molecule has 4 aromatic carbocycles. The van der Waals surface area contributed by atoms with Gasteiger partial charge in [0, 0.05) is 28.3 Å². The van der Waals surface area contributed by atoms with Gasteiger partial charge in [0.25, 0.3) is 0 Å². The molecule has 7 heteroatoms. The number of hydrogen-bond donors (Lipinski definition) is 0. The van der Waals surface area contributed by atoms with Gasteiger partial charge in [-0.3, -0.25) is 14.7 Å². The van der Waals surface area contributed by atoms with Gasteiger partial charge in [-0.2, -0.15) is 9.97 Å². The first-order valence-corrected chi connectivity index (χ1v) is 15.5. The van der Waals surface area contributed by atoms with Crippen molar-refractivity contribution in [2.24, 2.45) is 10.9 Å². The second-order valence-electron chi connectivity index (χ2n) is 12.1. The number of carbonyl (C=O) groups is 1. The molecule has 1 saturated carbocycles. The molecule has 1 aromatic heterocycles. The molecule has 1 saturated heterocycles. The minimum Gasteiger partial charge on any atom is -0.306 e. The third kappa shape index (κ3) is 3.78. The van der Waals surface area contributed by atoms with Gasteiger partial charge in [-0.05, 0) is 24.5 Å². The average Bonchev–Trinajstić information content (AvgIpc) is 3.66. The fourth-order valence-electron chi connectivity index (χ4n) is 7.96. The molecule has 214 valence electrons. The van der Waals surface area contributed by atoms with Crippen molar-refractivity contribution >= 4 is 23.4 Å². The zero-order valence-electron chi connectivity index (χ0n) is 24.1. The van der Waals surface area contributed by atoms with E-state index in [2.05, 4.69) is 34.1 Å². The van der Waals surface area contributed by atoms with E-state index >= 15 is 0 Å². The monoisotopic (exact) mass is 574 g/mol. The van der Waals surface area contributed by atoms with Gasteiger partial charge in [0.1, 0.15) is 5.84 Å². The number of benzene rings is 4. The highest BCUT2D eigenvalue weighted by Gasteiger charge is 2.61. The summed E-state index contributed by atoms with van der Waals surface area (Å²) in [5, 5.41) is 0. The molecular weight excluding hydrogens is 544 g/mol. The van der Waals surface area contributed by atoms with E-state index in [0.29, 0.717) is 17.6 Å². The van der Waals surface area contributed by atoms with Crippen molar-refractivity contribution in [3.63, 3.8) is 0 Å². The van der Waals surface area contributed by atoms with Crippen molar-refractivity contribution in [1.82, 2.24) is 19.9 Å². The molecule has 0 bridgehead atoms. The van der Waals surface area contributed by atoms with Crippen molar-refractivity contribution in [3.05, 3.63) is 126 Å². The maximum absolute atomic E-state index is 14.8. The summed E-state index contributed by atoms with van der Waals surface area (Å²) in [4.78, 5) is 39.5. The molecule has 5 atom stereocenters. The van der Waals surface area contributed by atoms with Crippen LogP contribution in [0.15, 0.2) is 120 Å². The standard InChI is InChI=1S/C37H30N6O/c44-36-30-26-19-10-11-22-29(26)42(32(30)27-20-12-21-28-31(27)43(36)35(38-28)25-17-8-3-9-18-25)37-40-33(23-13-4-1-5-14-23)39-34(41-37)24-15-6-2-7-16-24/h1-11,13-19,22,27-28,30-32H,12,20-21H2. The van der Waals surface area contributed by atoms with E-state index < -0.39 is 0 Å². The Morgan fingerprint density at radius 1 is 0.591 bits per heavy atom. The Kier molecular flexibility index (Phi) is 5.73. The van der Waals surface area contributed by atoms with Gasteiger partial charge in [0.2, 0.25) is 11.9 Å². The Hall–Kier alpha value is -5.17. The SMILES string of the molecule is O=C1C2c3ccccc3N(c3nc(-c4ccccc4)nc(-c4ccccc4)n3)C2C2CCCC3N=C(c4ccccc4)N1C32. The topological polar surface area (TPSA) is 74.6 Å². The molecule has 4 heterocycles. The fraction of sp³-hybridized carbons (Fsp3) is 0.216. The number of para-hydroxylation sites is 1. The normalized spacial score (nSPS) is 24.9. The highest BCUT2D eigenvalue weighted by atomic mass is 16.2. The molecule has 9 rings (SSSR count). The fourth-order valence-corrected chi connectivity index (χ4v) is 7.96. The average molecular weight is 575 g/mol. The van der Waals surface area contributed by atoms with Gasteiger partial charge in [0.15, 0.2) is 11.6 Å². The molecule has 0 radical (unpaired) electrons. The lowest BCUT2D eigenvalue weighted by Crippen LogP contribution is -2.63. The summed E-state index contributed by atoms with van der Waals surface area (Å²) in [6.07, 6.45) is 3.10. The van der Waals surface area contributed by atoms with E-state index in [9.17, 15) is 4.79 Å². The summed E-state index contributed by atoms with van der Waals surface area (Å²) in [6, 6.07) is 38.7. The highest BCUT2D eigenvalue weighted by molar-refractivity contribution is 6.12. The van der Waals surface area contributed by atoms with E-state index in [1.54, 1.807) is 0 Å². The Morgan fingerprint density at radius 3 is 1.84 bits per heavy atom. The summed E-state index contributed by atoms with van der Waals surface area (Å²) in [5.74, 6) is 2.65. The Labute approximate surface area is 256 Å². The van der Waals surface area contributed by atoms with Crippen LogP contribution in [0.5, 0.6) is 0 Å². The van der Waals surface area contributed by atoms with Crippen LogP contribution >= 0.6 is 0 Å². The lowest BCUT2D eigenvalue weighted by molar-refractivity contribution is -0.136. The number of amidine groups is 1. The van der Waals surface area contributed by atoms with Crippen LogP contribution in [-0.2, 0) is 4.79 Å². The number of aromatic nitrogens is 3. The second-order valence-corrected chi connectivity index (χ2v) is 12.1. The number of hydrogen-bond acceptors (Lipinski definition) is 6. The Bertz CT molecular complexity index is 1850. The van der Waals surface area contributed by atoms with Crippen molar-refractivity contribution in [2.45, 2.75) is 43.3 Å². The predicted octanol–water partition coefficient (Wildman–Crippen LogP) is 6.65. The van der Waals surface area contributed by atoms with Crippen molar-refractivity contribution < 1.29 is 4.79 Å². The van der Waals surface area contributed by atoms with E-state index in [1.807, 2.05) is 91.0 Å². The Balaban J connectivity index is 1.23. The number of amides is 1. The molecule has 4 aliphatic rings. The highest BCUT2D eigenvalue weighted by Crippen LogP contribution is 2.55. The maximum atomic E-state index is 14.8. The van der Waals surface area contributed by atoms with Gasteiger partial charge >= 0.3 is 0 Å².